The number of fused-ring (bicyclic) bond motifs is 1. The first-order chi connectivity index (χ1) is 11.1. The average Bonchev–Trinajstić information content (AvgIpc) is 3.21. The molecule has 3 aromatic rings. The molecule has 1 atom stereocenters. The Labute approximate surface area is 137 Å². The van der Waals surface area contributed by atoms with Crippen molar-refractivity contribution in [1.82, 2.24) is 10.3 Å². The third kappa shape index (κ3) is 3.60. The molecule has 0 fully saturated rings. The van der Waals surface area contributed by atoms with Crippen LogP contribution in [0.15, 0.2) is 47.8 Å². The van der Waals surface area contributed by atoms with Crippen molar-refractivity contribution in [3.05, 3.63) is 58.4 Å². The Hall–Kier alpha value is -2.60. The number of nitrogens with one attached hydrogen (secondary N) is 2. The number of ether oxygens (including phenoxy) is 1. The van der Waals surface area contributed by atoms with Gasteiger partial charge in [-0.15, -0.1) is 11.3 Å². The lowest BCUT2D eigenvalue weighted by Crippen LogP contribution is -2.30. The monoisotopic (exact) mass is 328 g/mol. The van der Waals surface area contributed by atoms with Crippen LogP contribution in [-0.2, 0) is 9.53 Å². The summed E-state index contributed by atoms with van der Waals surface area (Å²) in [5, 5.41) is 5.68. The largest absolute Gasteiger partial charge is 0.451 e. The van der Waals surface area contributed by atoms with Gasteiger partial charge in [0, 0.05) is 15.8 Å². The van der Waals surface area contributed by atoms with E-state index in [1.54, 1.807) is 17.4 Å². The Kier molecular flexibility index (Phi) is 4.43. The molecule has 2 N–H and O–H groups in total. The molecule has 118 valence electrons. The summed E-state index contributed by atoms with van der Waals surface area (Å²) in [6.45, 7) is 1.59. The van der Waals surface area contributed by atoms with E-state index in [9.17, 15) is 9.59 Å². The second-order valence-electron chi connectivity index (χ2n) is 5.15. The molecule has 2 heterocycles. The SMILES string of the molecule is C[C@H](NC(=O)COC(=O)c1cc2ccccc2[nH]1)c1cccs1. The van der Waals surface area contributed by atoms with E-state index in [1.165, 1.54) is 0 Å². The van der Waals surface area contributed by atoms with Crippen LogP contribution in [0, 0.1) is 0 Å². The van der Waals surface area contributed by atoms with E-state index >= 15 is 0 Å². The molecule has 0 spiro atoms. The Morgan fingerprint density at radius 3 is 2.83 bits per heavy atom. The lowest BCUT2D eigenvalue weighted by molar-refractivity contribution is -0.124. The minimum absolute atomic E-state index is 0.103. The van der Waals surface area contributed by atoms with Gasteiger partial charge >= 0.3 is 5.97 Å². The molecule has 0 aliphatic carbocycles. The van der Waals surface area contributed by atoms with Crippen LogP contribution in [-0.4, -0.2) is 23.5 Å². The molecule has 0 saturated heterocycles. The highest BCUT2D eigenvalue weighted by Gasteiger charge is 2.15. The van der Waals surface area contributed by atoms with Crippen LogP contribution in [0.2, 0.25) is 0 Å². The van der Waals surface area contributed by atoms with E-state index in [-0.39, 0.29) is 18.6 Å². The third-order valence-electron chi connectivity index (χ3n) is 3.43. The number of carbonyl (C=O) groups excluding carboxylic acids is 2. The van der Waals surface area contributed by atoms with Gasteiger partial charge in [-0.2, -0.15) is 0 Å². The van der Waals surface area contributed by atoms with Crippen LogP contribution < -0.4 is 5.32 Å². The van der Waals surface area contributed by atoms with Crippen LogP contribution in [0.4, 0.5) is 0 Å². The van der Waals surface area contributed by atoms with Gasteiger partial charge in [0.1, 0.15) is 5.69 Å². The second kappa shape index (κ2) is 6.66. The molecule has 0 aliphatic rings. The number of esters is 1. The van der Waals surface area contributed by atoms with Gasteiger partial charge < -0.3 is 15.0 Å². The minimum Gasteiger partial charge on any atom is -0.451 e. The number of amides is 1. The van der Waals surface area contributed by atoms with Gasteiger partial charge in [-0.05, 0) is 30.5 Å². The number of aromatic nitrogens is 1. The summed E-state index contributed by atoms with van der Waals surface area (Å²) in [6.07, 6.45) is 0. The molecule has 2 aromatic heterocycles. The maximum absolute atomic E-state index is 12.0. The van der Waals surface area contributed by atoms with Gasteiger partial charge in [0.05, 0.1) is 6.04 Å². The molecule has 0 radical (unpaired) electrons. The van der Waals surface area contributed by atoms with Crippen molar-refractivity contribution in [3.63, 3.8) is 0 Å². The van der Waals surface area contributed by atoms with E-state index in [1.807, 2.05) is 48.7 Å². The highest BCUT2D eigenvalue weighted by atomic mass is 32.1. The predicted molar refractivity (Wildman–Crippen MR) is 89.5 cm³/mol. The van der Waals surface area contributed by atoms with E-state index in [0.29, 0.717) is 5.69 Å². The molecule has 5 nitrogen and oxygen atoms in total. The van der Waals surface area contributed by atoms with Crippen LogP contribution in [0.1, 0.15) is 28.3 Å². The Bertz CT molecular complexity index is 790. The number of H-pyrrole nitrogens is 1. The van der Waals surface area contributed by atoms with Gasteiger partial charge in [0.15, 0.2) is 6.61 Å². The summed E-state index contributed by atoms with van der Waals surface area (Å²) in [4.78, 5) is 27.9. The topological polar surface area (TPSA) is 71.2 Å². The predicted octanol–water partition coefficient (Wildman–Crippen LogP) is 3.26. The quantitative estimate of drug-likeness (QED) is 0.706. The maximum atomic E-state index is 12.0. The number of hydrogen-bond donors (Lipinski definition) is 2. The molecule has 0 saturated carbocycles. The number of aromatic amines is 1. The molecular weight excluding hydrogens is 312 g/mol. The molecule has 1 amide bonds. The molecule has 23 heavy (non-hydrogen) atoms. The first-order valence-electron chi connectivity index (χ1n) is 7.21. The zero-order valence-corrected chi connectivity index (χ0v) is 13.4. The van der Waals surface area contributed by atoms with E-state index < -0.39 is 5.97 Å². The molecule has 0 bridgehead atoms. The second-order valence-corrected chi connectivity index (χ2v) is 6.13. The lowest BCUT2D eigenvalue weighted by atomic mass is 10.2. The average molecular weight is 328 g/mol. The number of rotatable bonds is 5. The minimum atomic E-state index is -0.542. The maximum Gasteiger partial charge on any atom is 0.355 e. The van der Waals surface area contributed by atoms with Crippen molar-refractivity contribution in [2.45, 2.75) is 13.0 Å². The van der Waals surface area contributed by atoms with Crippen molar-refractivity contribution in [2.75, 3.05) is 6.61 Å². The number of benzene rings is 1. The number of hydrogen-bond acceptors (Lipinski definition) is 4. The third-order valence-corrected chi connectivity index (χ3v) is 4.49. The Morgan fingerprint density at radius 2 is 2.09 bits per heavy atom. The summed E-state index contributed by atoms with van der Waals surface area (Å²) in [5.41, 5.74) is 1.19. The number of thiophene rings is 1. The Balaban J connectivity index is 1.55. The normalized spacial score (nSPS) is 12.0. The van der Waals surface area contributed by atoms with Gasteiger partial charge in [0.25, 0.3) is 5.91 Å². The summed E-state index contributed by atoms with van der Waals surface area (Å²) < 4.78 is 5.06. The van der Waals surface area contributed by atoms with Crippen molar-refractivity contribution >= 4 is 34.1 Å². The summed E-state index contributed by atoms with van der Waals surface area (Å²) in [5.74, 6) is -0.865. The smallest absolute Gasteiger partial charge is 0.355 e. The van der Waals surface area contributed by atoms with Gasteiger partial charge in [-0.25, -0.2) is 4.79 Å². The van der Waals surface area contributed by atoms with Gasteiger partial charge in [0.2, 0.25) is 0 Å². The summed E-state index contributed by atoms with van der Waals surface area (Å²) >= 11 is 1.57. The molecule has 1 aromatic carbocycles. The fourth-order valence-corrected chi connectivity index (χ4v) is 3.02. The van der Waals surface area contributed by atoms with Crippen LogP contribution in [0.3, 0.4) is 0 Å². The molecule has 6 heteroatoms. The zero-order chi connectivity index (χ0) is 16.2. The molecule has 0 aliphatic heterocycles. The van der Waals surface area contributed by atoms with Crippen molar-refractivity contribution < 1.29 is 14.3 Å². The molecule has 0 unspecified atom stereocenters. The van der Waals surface area contributed by atoms with Crippen LogP contribution in [0.5, 0.6) is 0 Å². The molecule has 3 rings (SSSR count). The van der Waals surface area contributed by atoms with Gasteiger partial charge in [-0.1, -0.05) is 24.3 Å². The number of para-hydroxylation sites is 1. The van der Waals surface area contributed by atoms with E-state index in [0.717, 1.165) is 15.8 Å². The molecular formula is C17H16N2O3S. The van der Waals surface area contributed by atoms with Gasteiger partial charge in [-0.3, -0.25) is 4.79 Å². The van der Waals surface area contributed by atoms with Crippen molar-refractivity contribution in [3.8, 4) is 0 Å². The van der Waals surface area contributed by atoms with E-state index in [2.05, 4.69) is 10.3 Å². The van der Waals surface area contributed by atoms with E-state index in [4.69, 9.17) is 4.74 Å². The summed E-state index contributed by atoms with van der Waals surface area (Å²) in [6, 6.07) is 13.0. The highest BCUT2D eigenvalue weighted by molar-refractivity contribution is 7.10. The zero-order valence-electron chi connectivity index (χ0n) is 12.5. The fourth-order valence-electron chi connectivity index (χ4n) is 2.28. The van der Waals surface area contributed by atoms with Crippen molar-refractivity contribution in [2.24, 2.45) is 0 Å². The standard InChI is InChI=1S/C17H16N2O3S/c1-11(15-7-4-8-23-15)18-16(20)10-22-17(21)14-9-12-5-2-3-6-13(12)19-14/h2-9,11,19H,10H2,1H3,(H,18,20)/t11-/m0/s1. The first-order valence-corrected chi connectivity index (χ1v) is 8.09. The van der Waals surface area contributed by atoms with Crippen LogP contribution in [0.25, 0.3) is 10.9 Å². The Morgan fingerprint density at radius 1 is 1.26 bits per heavy atom. The number of carbonyl (C=O) groups is 2. The lowest BCUT2D eigenvalue weighted by Gasteiger charge is -2.12. The van der Waals surface area contributed by atoms with Crippen molar-refractivity contribution in [1.29, 1.82) is 0 Å². The first kappa shape index (κ1) is 15.3. The van der Waals surface area contributed by atoms with Crippen LogP contribution >= 0.6 is 11.3 Å². The highest BCUT2D eigenvalue weighted by Crippen LogP contribution is 2.18. The fraction of sp³-hybridized carbons (Fsp3) is 0.176. The summed E-state index contributed by atoms with van der Waals surface area (Å²) in [7, 11) is 0.